The van der Waals surface area contributed by atoms with E-state index >= 15 is 0 Å². The van der Waals surface area contributed by atoms with Crippen LogP contribution in [0.5, 0.6) is 0 Å². The molecular weight excluding hydrogens is 391 g/mol. The second-order valence-corrected chi connectivity index (χ2v) is 6.44. The number of anilines is 1. The summed E-state index contributed by atoms with van der Waals surface area (Å²) in [4.78, 5) is 25.1. The van der Waals surface area contributed by atoms with Crippen LogP contribution in [-0.4, -0.2) is 37.1 Å². The Kier molecular flexibility index (Phi) is 6.02. The molecule has 2 aromatic rings. The number of carbonyl (C=O) groups is 1. The number of morpholine rings is 1. The van der Waals surface area contributed by atoms with E-state index in [0.29, 0.717) is 37.6 Å². The number of hydrogen-bond donors (Lipinski definition) is 1. The van der Waals surface area contributed by atoms with Crippen LogP contribution < -0.4 is 10.2 Å². The zero-order valence-electron chi connectivity index (χ0n) is 15.2. The smallest absolute Gasteiger partial charge is 0.378 e. The van der Waals surface area contributed by atoms with E-state index in [-0.39, 0.29) is 17.8 Å². The maximum Gasteiger partial charge on any atom is 0.416 e. The number of alkyl halides is 3. The number of hydrogen-bond acceptors (Lipinski definition) is 5. The summed E-state index contributed by atoms with van der Waals surface area (Å²) in [5.41, 5.74) is 0.0278. The zero-order valence-corrected chi connectivity index (χ0v) is 15.2. The summed E-state index contributed by atoms with van der Waals surface area (Å²) >= 11 is 0. The minimum Gasteiger partial charge on any atom is -0.378 e. The molecule has 7 nitrogen and oxygen atoms in total. The Morgan fingerprint density at radius 3 is 2.38 bits per heavy atom. The average Bonchev–Trinajstić information content (AvgIpc) is 2.72. The number of nitrogens with zero attached hydrogens (tertiary/aromatic N) is 2. The summed E-state index contributed by atoms with van der Waals surface area (Å²) in [5, 5.41) is 14.0. The highest BCUT2D eigenvalue weighted by atomic mass is 19.4. The molecule has 0 atom stereocenters. The molecule has 1 heterocycles. The Labute approximate surface area is 164 Å². The van der Waals surface area contributed by atoms with Gasteiger partial charge in [-0.2, -0.15) is 13.2 Å². The Balaban J connectivity index is 1.70. The number of ether oxygens (including phenoxy) is 1. The van der Waals surface area contributed by atoms with Gasteiger partial charge in [0.25, 0.3) is 11.6 Å². The third kappa shape index (κ3) is 5.02. The summed E-state index contributed by atoms with van der Waals surface area (Å²) < 4.78 is 43.0. The number of nitro benzene ring substituents is 1. The standard InChI is InChI=1S/C19H18F3N3O4/c20-19(21,22)15-4-1-13(2-5-15)12-23-18(26)14-3-6-16(17(11-14)25(27)28)24-7-9-29-10-8-24/h1-6,11H,7-10,12H2,(H,23,26). The summed E-state index contributed by atoms with van der Waals surface area (Å²) in [6, 6.07) is 8.62. The number of nitrogens with one attached hydrogen (secondary N) is 1. The fraction of sp³-hybridized carbons (Fsp3) is 0.316. The van der Waals surface area contributed by atoms with E-state index in [2.05, 4.69) is 5.32 Å². The van der Waals surface area contributed by atoms with E-state index in [0.717, 1.165) is 12.1 Å². The maximum atomic E-state index is 12.6. The highest BCUT2D eigenvalue weighted by Gasteiger charge is 2.30. The first-order chi connectivity index (χ1) is 13.8. The van der Waals surface area contributed by atoms with Gasteiger partial charge in [-0.05, 0) is 29.8 Å². The highest BCUT2D eigenvalue weighted by molar-refractivity contribution is 5.95. The minimum atomic E-state index is -4.43. The molecule has 1 aliphatic rings. The first kappa shape index (κ1) is 20.6. The molecule has 0 bridgehead atoms. The van der Waals surface area contributed by atoms with Crippen LogP contribution in [0.2, 0.25) is 0 Å². The third-order valence-corrected chi connectivity index (χ3v) is 4.52. The van der Waals surface area contributed by atoms with Gasteiger partial charge in [-0.25, -0.2) is 0 Å². The number of amides is 1. The number of nitro groups is 1. The van der Waals surface area contributed by atoms with Gasteiger partial charge in [0.05, 0.1) is 23.7 Å². The first-order valence-corrected chi connectivity index (χ1v) is 8.81. The summed E-state index contributed by atoms with van der Waals surface area (Å²) in [5.74, 6) is -0.554. The molecule has 0 spiro atoms. The molecule has 1 amide bonds. The van der Waals surface area contributed by atoms with Crippen LogP contribution in [-0.2, 0) is 17.5 Å². The Morgan fingerprint density at radius 2 is 1.79 bits per heavy atom. The van der Waals surface area contributed by atoms with Gasteiger partial charge in [-0.15, -0.1) is 0 Å². The lowest BCUT2D eigenvalue weighted by Crippen LogP contribution is -2.36. The Hall–Kier alpha value is -3.14. The van der Waals surface area contributed by atoms with Crippen molar-refractivity contribution in [2.45, 2.75) is 12.7 Å². The number of rotatable bonds is 5. The summed E-state index contributed by atoms with van der Waals surface area (Å²) in [7, 11) is 0. The minimum absolute atomic E-state index is 0.00398. The molecule has 1 aliphatic heterocycles. The second-order valence-electron chi connectivity index (χ2n) is 6.44. The number of benzene rings is 2. The largest absolute Gasteiger partial charge is 0.416 e. The quantitative estimate of drug-likeness (QED) is 0.605. The normalized spacial score (nSPS) is 14.5. The Morgan fingerprint density at radius 1 is 1.14 bits per heavy atom. The predicted molar refractivity (Wildman–Crippen MR) is 98.7 cm³/mol. The van der Waals surface area contributed by atoms with Crippen molar-refractivity contribution in [3.63, 3.8) is 0 Å². The highest BCUT2D eigenvalue weighted by Crippen LogP contribution is 2.30. The molecule has 0 aliphatic carbocycles. The SMILES string of the molecule is O=C(NCc1ccc(C(F)(F)F)cc1)c1ccc(N2CCOCC2)c([N+](=O)[O-])c1. The molecule has 3 rings (SSSR count). The van der Waals surface area contributed by atoms with E-state index in [1.54, 1.807) is 0 Å². The van der Waals surface area contributed by atoms with E-state index in [9.17, 15) is 28.1 Å². The summed E-state index contributed by atoms with van der Waals surface area (Å²) in [6.07, 6.45) is -4.43. The molecule has 0 saturated carbocycles. The molecule has 1 saturated heterocycles. The fourth-order valence-electron chi connectivity index (χ4n) is 2.98. The van der Waals surface area contributed by atoms with Gasteiger partial charge in [0, 0.05) is 31.3 Å². The molecule has 0 aromatic heterocycles. The first-order valence-electron chi connectivity index (χ1n) is 8.81. The molecule has 1 fully saturated rings. The van der Waals surface area contributed by atoms with Crippen molar-refractivity contribution in [1.82, 2.24) is 5.32 Å². The fourth-order valence-corrected chi connectivity index (χ4v) is 2.98. The molecule has 0 unspecified atom stereocenters. The van der Waals surface area contributed by atoms with Crippen LogP contribution in [0.15, 0.2) is 42.5 Å². The molecule has 10 heteroatoms. The average molecular weight is 409 g/mol. The molecule has 0 radical (unpaired) electrons. The van der Waals surface area contributed by atoms with Crippen LogP contribution in [0.3, 0.4) is 0 Å². The summed E-state index contributed by atoms with van der Waals surface area (Å²) in [6.45, 7) is 1.95. The van der Waals surface area contributed by atoms with Crippen LogP contribution in [0.25, 0.3) is 0 Å². The van der Waals surface area contributed by atoms with Crippen molar-refractivity contribution < 1.29 is 27.6 Å². The van der Waals surface area contributed by atoms with Crippen molar-refractivity contribution >= 4 is 17.3 Å². The van der Waals surface area contributed by atoms with Gasteiger partial charge in [0.1, 0.15) is 5.69 Å². The van der Waals surface area contributed by atoms with Gasteiger partial charge in [-0.1, -0.05) is 12.1 Å². The van der Waals surface area contributed by atoms with E-state index in [4.69, 9.17) is 4.74 Å². The van der Waals surface area contributed by atoms with Crippen LogP contribution in [0, 0.1) is 10.1 Å². The topological polar surface area (TPSA) is 84.7 Å². The zero-order chi connectivity index (χ0) is 21.0. The Bertz CT molecular complexity index is 895. The monoisotopic (exact) mass is 409 g/mol. The van der Waals surface area contributed by atoms with Crippen molar-refractivity contribution in [3.8, 4) is 0 Å². The van der Waals surface area contributed by atoms with E-state index in [1.165, 1.54) is 30.3 Å². The van der Waals surface area contributed by atoms with Crippen molar-refractivity contribution in [2.24, 2.45) is 0 Å². The van der Waals surface area contributed by atoms with E-state index in [1.807, 2.05) is 4.90 Å². The predicted octanol–water partition coefficient (Wildman–Crippen LogP) is 3.38. The number of carbonyl (C=O) groups excluding carboxylic acids is 1. The second kappa shape index (κ2) is 8.48. The third-order valence-electron chi connectivity index (χ3n) is 4.52. The molecule has 29 heavy (non-hydrogen) atoms. The maximum absolute atomic E-state index is 12.6. The molecule has 1 N–H and O–H groups in total. The van der Waals surface area contributed by atoms with Crippen LogP contribution in [0.1, 0.15) is 21.5 Å². The van der Waals surface area contributed by atoms with Gasteiger partial charge < -0.3 is 15.0 Å². The van der Waals surface area contributed by atoms with Crippen LogP contribution in [0.4, 0.5) is 24.5 Å². The van der Waals surface area contributed by atoms with Crippen molar-refractivity contribution in [2.75, 3.05) is 31.2 Å². The number of halogens is 3. The lowest BCUT2D eigenvalue weighted by Gasteiger charge is -2.28. The lowest BCUT2D eigenvalue weighted by molar-refractivity contribution is -0.384. The van der Waals surface area contributed by atoms with Crippen molar-refractivity contribution in [3.05, 3.63) is 69.3 Å². The van der Waals surface area contributed by atoms with Gasteiger partial charge in [-0.3, -0.25) is 14.9 Å². The van der Waals surface area contributed by atoms with Crippen LogP contribution >= 0.6 is 0 Å². The van der Waals surface area contributed by atoms with Gasteiger partial charge in [0.2, 0.25) is 0 Å². The molecule has 154 valence electrons. The molecule has 2 aromatic carbocycles. The van der Waals surface area contributed by atoms with Gasteiger partial charge >= 0.3 is 6.18 Å². The van der Waals surface area contributed by atoms with Crippen molar-refractivity contribution in [1.29, 1.82) is 0 Å². The molecular formula is C19H18F3N3O4. The van der Waals surface area contributed by atoms with E-state index < -0.39 is 22.6 Å². The van der Waals surface area contributed by atoms with Gasteiger partial charge in [0.15, 0.2) is 0 Å². The lowest BCUT2D eigenvalue weighted by atomic mass is 10.1.